The van der Waals surface area contributed by atoms with Gasteiger partial charge in [-0.2, -0.15) is 4.98 Å². The molecule has 1 amide bonds. The Morgan fingerprint density at radius 3 is 2.76 bits per heavy atom. The molecule has 0 radical (unpaired) electrons. The SMILES string of the molecule is Cc1cnc(Nc2cccnc2)nc1N1CCC2(CCNC2=O)CC1. The smallest absolute Gasteiger partial charge is 0.229 e. The van der Waals surface area contributed by atoms with Crippen molar-refractivity contribution in [1.29, 1.82) is 0 Å². The topological polar surface area (TPSA) is 83.0 Å². The van der Waals surface area contributed by atoms with E-state index in [-0.39, 0.29) is 11.3 Å². The summed E-state index contributed by atoms with van der Waals surface area (Å²) < 4.78 is 0. The highest BCUT2D eigenvalue weighted by Gasteiger charge is 2.44. The van der Waals surface area contributed by atoms with E-state index in [1.165, 1.54) is 0 Å². The number of anilines is 3. The zero-order valence-electron chi connectivity index (χ0n) is 14.3. The van der Waals surface area contributed by atoms with Crippen LogP contribution in [0, 0.1) is 12.3 Å². The molecule has 2 aromatic heterocycles. The molecule has 25 heavy (non-hydrogen) atoms. The molecule has 4 heterocycles. The normalized spacial score (nSPS) is 19.1. The van der Waals surface area contributed by atoms with Crippen molar-refractivity contribution < 1.29 is 4.79 Å². The Kier molecular flexibility index (Phi) is 3.99. The number of pyridine rings is 1. The second-order valence-corrected chi connectivity index (χ2v) is 6.84. The Morgan fingerprint density at radius 2 is 2.08 bits per heavy atom. The van der Waals surface area contributed by atoms with Crippen molar-refractivity contribution in [3.05, 3.63) is 36.3 Å². The molecule has 2 aliphatic heterocycles. The highest BCUT2D eigenvalue weighted by atomic mass is 16.2. The lowest BCUT2D eigenvalue weighted by Gasteiger charge is -2.38. The summed E-state index contributed by atoms with van der Waals surface area (Å²) in [7, 11) is 0. The Morgan fingerprint density at radius 1 is 1.24 bits per heavy atom. The molecule has 4 rings (SSSR count). The number of amides is 1. The molecule has 0 aromatic carbocycles. The molecular weight excluding hydrogens is 316 g/mol. The summed E-state index contributed by atoms with van der Waals surface area (Å²) in [5.74, 6) is 1.73. The fourth-order valence-electron chi connectivity index (χ4n) is 3.72. The number of aryl methyl sites for hydroxylation is 1. The number of aromatic nitrogens is 3. The first kappa shape index (κ1) is 15.8. The molecule has 7 nitrogen and oxygen atoms in total. The maximum Gasteiger partial charge on any atom is 0.229 e. The molecule has 1 spiro atoms. The number of hydrogen-bond acceptors (Lipinski definition) is 6. The minimum atomic E-state index is -0.159. The molecule has 2 aromatic rings. The first-order valence-corrected chi connectivity index (χ1v) is 8.70. The fourth-order valence-corrected chi connectivity index (χ4v) is 3.72. The zero-order valence-corrected chi connectivity index (χ0v) is 14.3. The van der Waals surface area contributed by atoms with Gasteiger partial charge in [-0.15, -0.1) is 0 Å². The van der Waals surface area contributed by atoms with E-state index in [9.17, 15) is 4.79 Å². The van der Waals surface area contributed by atoms with Gasteiger partial charge in [0.1, 0.15) is 5.82 Å². The van der Waals surface area contributed by atoms with Crippen LogP contribution in [0.1, 0.15) is 24.8 Å². The minimum Gasteiger partial charge on any atom is -0.356 e. The molecule has 0 unspecified atom stereocenters. The van der Waals surface area contributed by atoms with E-state index in [2.05, 4.69) is 25.5 Å². The van der Waals surface area contributed by atoms with E-state index in [1.54, 1.807) is 12.4 Å². The highest BCUT2D eigenvalue weighted by molar-refractivity contribution is 5.85. The summed E-state index contributed by atoms with van der Waals surface area (Å²) >= 11 is 0. The van der Waals surface area contributed by atoms with Crippen LogP contribution in [0.15, 0.2) is 30.7 Å². The summed E-state index contributed by atoms with van der Waals surface area (Å²) in [6.45, 7) is 4.52. The molecule has 2 fully saturated rings. The van der Waals surface area contributed by atoms with E-state index in [0.717, 1.165) is 56.0 Å². The van der Waals surface area contributed by atoms with Gasteiger partial charge in [0.15, 0.2) is 0 Å². The van der Waals surface area contributed by atoms with Crippen LogP contribution in [0.4, 0.5) is 17.5 Å². The van der Waals surface area contributed by atoms with Crippen molar-refractivity contribution in [2.24, 2.45) is 5.41 Å². The average molecular weight is 338 g/mol. The van der Waals surface area contributed by atoms with Crippen LogP contribution in [0.2, 0.25) is 0 Å². The summed E-state index contributed by atoms with van der Waals surface area (Å²) in [6, 6.07) is 3.80. The van der Waals surface area contributed by atoms with Crippen LogP contribution in [-0.4, -0.2) is 40.5 Å². The average Bonchev–Trinajstić information content (AvgIpc) is 2.99. The number of carbonyl (C=O) groups excluding carboxylic acids is 1. The third-order valence-electron chi connectivity index (χ3n) is 5.25. The van der Waals surface area contributed by atoms with Crippen LogP contribution in [0.5, 0.6) is 0 Å². The van der Waals surface area contributed by atoms with Crippen molar-refractivity contribution in [3.8, 4) is 0 Å². The number of carbonyl (C=O) groups is 1. The van der Waals surface area contributed by atoms with Gasteiger partial charge in [0.2, 0.25) is 11.9 Å². The van der Waals surface area contributed by atoms with Crippen molar-refractivity contribution in [2.45, 2.75) is 26.2 Å². The van der Waals surface area contributed by atoms with Gasteiger partial charge in [0, 0.05) is 37.6 Å². The van der Waals surface area contributed by atoms with Gasteiger partial charge >= 0.3 is 0 Å². The zero-order chi connectivity index (χ0) is 17.3. The summed E-state index contributed by atoms with van der Waals surface area (Å²) in [4.78, 5) is 27.6. The molecule has 0 saturated carbocycles. The monoisotopic (exact) mass is 338 g/mol. The standard InChI is InChI=1S/C18H22N6O/c1-13-11-21-17(22-14-3-2-7-19-12-14)23-15(13)24-9-5-18(6-10-24)4-8-20-16(18)25/h2-3,7,11-12H,4-6,8-10H2,1H3,(H,20,25)(H,21,22,23). The maximum atomic E-state index is 12.1. The molecular formula is C18H22N6O. The molecule has 0 atom stereocenters. The van der Waals surface area contributed by atoms with E-state index in [0.29, 0.717) is 5.95 Å². The van der Waals surface area contributed by atoms with Gasteiger partial charge in [0.25, 0.3) is 0 Å². The number of hydrogen-bond donors (Lipinski definition) is 2. The fraction of sp³-hybridized carbons (Fsp3) is 0.444. The minimum absolute atomic E-state index is 0.159. The lowest BCUT2D eigenvalue weighted by molar-refractivity contribution is -0.128. The van der Waals surface area contributed by atoms with Crippen molar-refractivity contribution in [3.63, 3.8) is 0 Å². The third kappa shape index (κ3) is 3.01. The van der Waals surface area contributed by atoms with Crippen molar-refractivity contribution in [2.75, 3.05) is 29.9 Å². The molecule has 0 aliphatic carbocycles. The Hall–Kier alpha value is -2.70. The van der Waals surface area contributed by atoms with Gasteiger partial charge in [-0.25, -0.2) is 4.98 Å². The number of piperidine rings is 1. The van der Waals surface area contributed by atoms with Crippen LogP contribution >= 0.6 is 0 Å². The van der Waals surface area contributed by atoms with Gasteiger partial charge in [-0.1, -0.05) is 0 Å². The molecule has 2 aliphatic rings. The predicted octanol–water partition coefficient (Wildman–Crippen LogP) is 2.03. The highest BCUT2D eigenvalue weighted by Crippen LogP contribution is 2.39. The van der Waals surface area contributed by atoms with Gasteiger partial charge < -0.3 is 15.5 Å². The quantitative estimate of drug-likeness (QED) is 0.891. The van der Waals surface area contributed by atoms with Crippen LogP contribution in [-0.2, 0) is 4.79 Å². The van der Waals surface area contributed by atoms with Gasteiger partial charge in [0.05, 0.1) is 17.3 Å². The van der Waals surface area contributed by atoms with E-state index >= 15 is 0 Å². The number of nitrogens with zero attached hydrogens (tertiary/aromatic N) is 4. The lowest BCUT2D eigenvalue weighted by Crippen LogP contribution is -2.44. The lowest BCUT2D eigenvalue weighted by atomic mass is 9.77. The van der Waals surface area contributed by atoms with Crippen LogP contribution in [0.25, 0.3) is 0 Å². The van der Waals surface area contributed by atoms with E-state index in [4.69, 9.17) is 4.98 Å². The van der Waals surface area contributed by atoms with Gasteiger partial charge in [-0.3, -0.25) is 9.78 Å². The number of rotatable bonds is 3. The molecule has 2 saturated heterocycles. The Bertz CT molecular complexity index is 770. The first-order chi connectivity index (χ1) is 12.2. The molecule has 2 N–H and O–H groups in total. The summed E-state index contributed by atoms with van der Waals surface area (Å²) in [6.07, 6.45) is 8.03. The largest absolute Gasteiger partial charge is 0.356 e. The van der Waals surface area contributed by atoms with E-state index < -0.39 is 0 Å². The van der Waals surface area contributed by atoms with Crippen LogP contribution in [0.3, 0.4) is 0 Å². The predicted molar refractivity (Wildman–Crippen MR) is 95.8 cm³/mol. The van der Waals surface area contributed by atoms with Crippen LogP contribution < -0.4 is 15.5 Å². The Labute approximate surface area is 146 Å². The van der Waals surface area contributed by atoms with Gasteiger partial charge in [-0.05, 0) is 38.3 Å². The summed E-state index contributed by atoms with van der Waals surface area (Å²) in [5.41, 5.74) is 1.75. The second-order valence-electron chi connectivity index (χ2n) is 6.84. The number of nitrogens with one attached hydrogen (secondary N) is 2. The van der Waals surface area contributed by atoms with E-state index in [1.807, 2.05) is 25.3 Å². The van der Waals surface area contributed by atoms with Crippen molar-refractivity contribution in [1.82, 2.24) is 20.3 Å². The molecule has 130 valence electrons. The summed E-state index contributed by atoms with van der Waals surface area (Å²) in [5, 5.41) is 6.17. The first-order valence-electron chi connectivity index (χ1n) is 8.70. The Balaban J connectivity index is 1.51. The maximum absolute atomic E-state index is 12.1. The van der Waals surface area contributed by atoms with Crippen molar-refractivity contribution >= 4 is 23.4 Å². The second kappa shape index (κ2) is 6.31. The third-order valence-corrected chi connectivity index (χ3v) is 5.25. The molecule has 0 bridgehead atoms. The molecule has 7 heteroatoms.